The summed E-state index contributed by atoms with van der Waals surface area (Å²) in [5, 5.41) is 13.2. The van der Waals surface area contributed by atoms with E-state index in [2.05, 4.69) is 24.2 Å². The minimum absolute atomic E-state index is 0.340. The number of aromatic carboxylic acids is 1. The van der Waals surface area contributed by atoms with Crippen LogP contribution in [0.1, 0.15) is 40.8 Å². The highest BCUT2D eigenvalue weighted by molar-refractivity contribution is 7.09. The SMILES string of the molecule is CC(C)c1nc(Cn2ccc3c(C(=O)O)cccc32)cs1. The van der Waals surface area contributed by atoms with Gasteiger partial charge >= 0.3 is 5.97 Å². The van der Waals surface area contributed by atoms with Gasteiger partial charge < -0.3 is 9.67 Å². The van der Waals surface area contributed by atoms with Crippen LogP contribution in [0.2, 0.25) is 0 Å². The van der Waals surface area contributed by atoms with E-state index in [0.29, 0.717) is 18.0 Å². The molecule has 1 N–H and O–H groups in total. The predicted octanol–water partition coefficient (Wildman–Crippen LogP) is 3.97. The molecule has 0 unspecified atom stereocenters. The summed E-state index contributed by atoms with van der Waals surface area (Å²) < 4.78 is 2.04. The fourth-order valence-electron chi connectivity index (χ4n) is 2.38. The molecule has 0 saturated heterocycles. The first-order valence-corrected chi connectivity index (χ1v) is 7.69. The molecule has 0 radical (unpaired) electrons. The molecule has 5 heteroatoms. The van der Waals surface area contributed by atoms with Crippen LogP contribution in [-0.2, 0) is 6.54 Å². The molecule has 0 atom stereocenters. The number of benzene rings is 1. The van der Waals surface area contributed by atoms with Gasteiger partial charge in [-0.3, -0.25) is 0 Å². The van der Waals surface area contributed by atoms with E-state index in [4.69, 9.17) is 0 Å². The second-order valence-corrected chi connectivity index (χ2v) is 6.21. The standard InChI is InChI=1S/C16H16N2O2S/c1-10(2)15-17-11(9-21-15)8-18-7-6-12-13(16(19)20)4-3-5-14(12)18/h3-7,9-10H,8H2,1-2H3,(H,19,20). The lowest BCUT2D eigenvalue weighted by Gasteiger charge is -2.04. The third-order valence-electron chi connectivity index (χ3n) is 3.44. The van der Waals surface area contributed by atoms with Crippen molar-refractivity contribution < 1.29 is 9.90 Å². The molecular weight excluding hydrogens is 284 g/mol. The highest BCUT2D eigenvalue weighted by Crippen LogP contribution is 2.23. The third kappa shape index (κ3) is 2.56. The average Bonchev–Trinajstić information content (AvgIpc) is 3.06. The monoisotopic (exact) mass is 300 g/mol. The lowest BCUT2D eigenvalue weighted by molar-refractivity contribution is 0.0699. The van der Waals surface area contributed by atoms with E-state index >= 15 is 0 Å². The van der Waals surface area contributed by atoms with Crippen LogP contribution in [0.25, 0.3) is 10.9 Å². The molecule has 0 spiro atoms. The summed E-state index contributed by atoms with van der Waals surface area (Å²) >= 11 is 1.67. The number of hydrogen-bond donors (Lipinski definition) is 1. The number of fused-ring (bicyclic) bond motifs is 1. The Kier molecular flexibility index (Phi) is 3.51. The van der Waals surface area contributed by atoms with Gasteiger partial charge in [0.1, 0.15) is 0 Å². The first-order chi connectivity index (χ1) is 10.1. The van der Waals surface area contributed by atoms with E-state index in [1.165, 1.54) is 0 Å². The second kappa shape index (κ2) is 5.33. The van der Waals surface area contributed by atoms with E-state index in [1.807, 2.05) is 22.9 Å². The number of thiazole rings is 1. The van der Waals surface area contributed by atoms with Crippen molar-refractivity contribution in [3.8, 4) is 0 Å². The molecule has 108 valence electrons. The molecule has 0 aliphatic rings. The Morgan fingerprint density at radius 3 is 2.86 bits per heavy atom. The summed E-state index contributed by atoms with van der Waals surface area (Å²) in [7, 11) is 0. The number of nitrogens with zero attached hydrogens (tertiary/aromatic N) is 2. The fraction of sp³-hybridized carbons (Fsp3) is 0.250. The lowest BCUT2D eigenvalue weighted by Crippen LogP contribution is -2.00. The number of rotatable bonds is 4. The van der Waals surface area contributed by atoms with Gasteiger partial charge in [-0.1, -0.05) is 19.9 Å². The molecule has 0 saturated carbocycles. The van der Waals surface area contributed by atoms with Crippen molar-refractivity contribution >= 4 is 28.2 Å². The summed E-state index contributed by atoms with van der Waals surface area (Å²) in [6, 6.07) is 7.21. The average molecular weight is 300 g/mol. The molecule has 21 heavy (non-hydrogen) atoms. The van der Waals surface area contributed by atoms with Crippen molar-refractivity contribution in [2.45, 2.75) is 26.3 Å². The highest BCUT2D eigenvalue weighted by atomic mass is 32.1. The molecule has 0 aliphatic carbocycles. The van der Waals surface area contributed by atoms with Crippen molar-refractivity contribution in [2.24, 2.45) is 0 Å². The smallest absolute Gasteiger partial charge is 0.336 e. The first kappa shape index (κ1) is 13.8. The Balaban J connectivity index is 1.97. The molecule has 1 aromatic carbocycles. The molecule has 0 amide bonds. The lowest BCUT2D eigenvalue weighted by atomic mass is 10.1. The van der Waals surface area contributed by atoms with Crippen molar-refractivity contribution in [2.75, 3.05) is 0 Å². The van der Waals surface area contributed by atoms with E-state index in [9.17, 15) is 9.90 Å². The van der Waals surface area contributed by atoms with Crippen LogP contribution in [0.15, 0.2) is 35.8 Å². The number of carboxylic acids is 1. The van der Waals surface area contributed by atoms with Gasteiger partial charge in [0.25, 0.3) is 0 Å². The fourth-order valence-corrected chi connectivity index (χ4v) is 3.21. The molecule has 3 aromatic rings. The van der Waals surface area contributed by atoms with Gasteiger partial charge in [-0.2, -0.15) is 0 Å². The molecular formula is C16H16N2O2S. The van der Waals surface area contributed by atoms with E-state index < -0.39 is 5.97 Å². The maximum absolute atomic E-state index is 11.2. The molecule has 0 bridgehead atoms. The summed E-state index contributed by atoms with van der Waals surface area (Å²) in [5.41, 5.74) is 2.28. The third-order valence-corrected chi connectivity index (χ3v) is 4.63. The van der Waals surface area contributed by atoms with E-state index in [0.717, 1.165) is 21.6 Å². The minimum atomic E-state index is -0.894. The summed E-state index contributed by atoms with van der Waals surface area (Å²) in [6.45, 7) is 4.93. The highest BCUT2D eigenvalue weighted by Gasteiger charge is 2.12. The molecule has 0 aliphatic heterocycles. The van der Waals surface area contributed by atoms with Gasteiger partial charge in [-0.25, -0.2) is 9.78 Å². The number of carbonyl (C=O) groups is 1. The van der Waals surface area contributed by atoms with Crippen LogP contribution in [0, 0.1) is 0 Å². The Bertz CT molecular complexity index is 802. The maximum Gasteiger partial charge on any atom is 0.336 e. The first-order valence-electron chi connectivity index (χ1n) is 6.81. The van der Waals surface area contributed by atoms with Crippen LogP contribution < -0.4 is 0 Å². The largest absolute Gasteiger partial charge is 0.478 e. The van der Waals surface area contributed by atoms with Crippen molar-refractivity contribution in [1.29, 1.82) is 0 Å². The Morgan fingerprint density at radius 1 is 1.38 bits per heavy atom. The van der Waals surface area contributed by atoms with E-state index in [1.54, 1.807) is 23.5 Å². The second-order valence-electron chi connectivity index (χ2n) is 5.32. The van der Waals surface area contributed by atoms with Crippen LogP contribution in [0.3, 0.4) is 0 Å². The van der Waals surface area contributed by atoms with Gasteiger partial charge in [0.2, 0.25) is 0 Å². The number of aromatic nitrogens is 2. The maximum atomic E-state index is 11.2. The predicted molar refractivity (Wildman–Crippen MR) is 84.2 cm³/mol. The molecule has 0 fully saturated rings. The van der Waals surface area contributed by atoms with E-state index in [-0.39, 0.29) is 0 Å². The zero-order valence-corrected chi connectivity index (χ0v) is 12.7. The Labute approximate surface area is 126 Å². The quantitative estimate of drug-likeness (QED) is 0.793. The Morgan fingerprint density at radius 2 is 2.19 bits per heavy atom. The zero-order chi connectivity index (χ0) is 15.0. The van der Waals surface area contributed by atoms with Crippen LogP contribution in [0.4, 0.5) is 0 Å². The molecule has 4 nitrogen and oxygen atoms in total. The van der Waals surface area contributed by atoms with Gasteiger partial charge in [-0.15, -0.1) is 11.3 Å². The Hall–Kier alpha value is -2.14. The summed E-state index contributed by atoms with van der Waals surface area (Å²) in [4.78, 5) is 15.9. The normalized spacial score (nSPS) is 11.4. The summed E-state index contributed by atoms with van der Waals surface area (Å²) in [6.07, 6.45) is 1.92. The van der Waals surface area contributed by atoms with Crippen LogP contribution >= 0.6 is 11.3 Å². The zero-order valence-electron chi connectivity index (χ0n) is 11.9. The number of carboxylic acid groups (broad SMARTS) is 1. The van der Waals surface area contributed by atoms with Crippen LogP contribution in [0.5, 0.6) is 0 Å². The van der Waals surface area contributed by atoms with Gasteiger partial charge in [0, 0.05) is 28.4 Å². The van der Waals surface area contributed by atoms with Crippen molar-refractivity contribution in [1.82, 2.24) is 9.55 Å². The molecule has 2 heterocycles. The van der Waals surface area contributed by atoms with Crippen molar-refractivity contribution in [3.05, 3.63) is 52.1 Å². The van der Waals surface area contributed by atoms with Gasteiger partial charge in [0.15, 0.2) is 0 Å². The minimum Gasteiger partial charge on any atom is -0.478 e. The molecule has 2 aromatic heterocycles. The van der Waals surface area contributed by atoms with Crippen LogP contribution in [-0.4, -0.2) is 20.6 Å². The van der Waals surface area contributed by atoms with Gasteiger partial charge in [-0.05, 0) is 18.2 Å². The van der Waals surface area contributed by atoms with Crippen molar-refractivity contribution in [3.63, 3.8) is 0 Å². The van der Waals surface area contributed by atoms with Gasteiger partial charge in [0.05, 0.1) is 22.8 Å². The summed E-state index contributed by atoms with van der Waals surface area (Å²) in [5.74, 6) is -0.460. The number of hydrogen-bond acceptors (Lipinski definition) is 3. The molecule has 3 rings (SSSR count). The topological polar surface area (TPSA) is 55.1 Å².